The van der Waals surface area contributed by atoms with Crippen LogP contribution < -0.4 is 9.88 Å². The van der Waals surface area contributed by atoms with E-state index in [1.165, 1.54) is 24.3 Å². The Morgan fingerprint density at radius 2 is 1.73 bits per heavy atom. The Morgan fingerprint density at radius 1 is 1.00 bits per heavy atom. The van der Waals surface area contributed by atoms with Gasteiger partial charge in [-0.15, -0.1) is 10.2 Å². The molecule has 1 aromatic heterocycles. The molecule has 0 bridgehead atoms. The number of hydrogen-bond donors (Lipinski definition) is 1. The molecule has 1 fully saturated rings. The van der Waals surface area contributed by atoms with Gasteiger partial charge in [-0.05, 0) is 61.1 Å². The number of aromatic nitrogens is 2. The number of amides is 1. The highest BCUT2D eigenvalue weighted by Gasteiger charge is 2.25. The Balaban J connectivity index is 1.11. The van der Waals surface area contributed by atoms with Crippen LogP contribution in [0.5, 0.6) is 5.75 Å². The zero-order valence-electron chi connectivity index (χ0n) is 22.1. The lowest BCUT2D eigenvalue weighted by atomic mass is 10.1. The van der Waals surface area contributed by atoms with Gasteiger partial charge in [0, 0.05) is 43.6 Å². The monoisotopic (exact) mass is 561 g/mol. The smallest absolute Gasteiger partial charge is 0.253 e. The second-order valence-corrected chi connectivity index (χ2v) is 11.4. The first-order chi connectivity index (χ1) is 19.2. The number of hydrogen-bond acceptors (Lipinski definition) is 8. The molecule has 11 heteroatoms. The molecule has 10 nitrogen and oxygen atoms in total. The predicted octanol–water partition coefficient (Wildman–Crippen LogP) is 3.70. The van der Waals surface area contributed by atoms with E-state index in [1.807, 2.05) is 55.6 Å². The molecule has 0 unspecified atom stereocenters. The zero-order chi connectivity index (χ0) is 28.1. The highest BCUT2D eigenvalue weighted by Crippen LogP contribution is 2.23. The number of nitrogens with two attached hydrogens (primary N) is 1. The van der Waals surface area contributed by atoms with Gasteiger partial charge in [-0.3, -0.25) is 9.69 Å². The van der Waals surface area contributed by atoms with Crippen LogP contribution in [0.4, 0.5) is 0 Å². The van der Waals surface area contributed by atoms with E-state index in [9.17, 15) is 13.2 Å². The summed E-state index contributed by atoms with van der Waals surface area (Å²) < 4.78 is 35.0. The van der Waals surface area contributed by atoms with Crippen LogP contribution in [0.1, 0.15) is 34.7 Å². The van der Waals surface area contributed by atoms with E-state index in [4.69, 9.17) is 14.3 Å². The molecule has 0 aliphatic carbocycles. The molecule has 2 heterocycles. The third kappa shape index (κ3) is 6.92. The lowest BCUT2D eigenvalue weighted by Crippen LogP contribution is -2.41. The van der Waals surface area contributed by atoms with E-state index in [0.717, 1.165) is 16.9 Å². The number of primary sulfonamides is 1. The van der Waals surface area contributed by atoms with Gasteiger partial charge in [0.15, 0.2) is 0 Å². The number of carbonyl (C=O) groups excluding carboxylic acids is 1. The summed E-state index contributed by atoms with van der Waals surface area (Å²) in [6, 6.07) is 23.4. The van der Waals surface area contributed by atoms with Crippen molar-refractivity contribution in [2.45, 2.75) is 36.9 Å². The fourth-order valence-electron chi connectivity index (χ4n) is 4.67. The molecule has 4 aromatic rings. The topological polar surface area (TPSA) is 132 Å². The van der Waals surface area contributed by atoms with Crippen LogP contribution in [0.15, 0.2) is 88.2 Å². The minimum atomic E-state index is -3.79. The van der Waals surface area contributed by atoms with E-state index in [2.05, 4.69) is 21.2 Å². The molecule has 0 radical (unpaired) electrons. The van der Waals surface area contributed by atoms with Gasteiger partial charge in [-0.2, -0.15) is 0 Å². The maximum Gasteiger partial charge on any atom is 0.253 e. The van der Waals surface area contributed by atoms with Gasteiger partial charge >= 0.3 is 0 Å². The van der Waals surface area contributed by atoms with E-state index >= 15 is 0 Å². The molecular weight excluding hydrogens is 530 g/mol. The van der Waals surface area contributed by atoms with Gasteiger partial charge in [0.05, 0.1) is 11.4 Å². The molecule has 5 rings (SSSR count). The Labute approximate surface area is 233 Å². The summed E-state index contributed by atoms with van der Waals surface area (Å²) in [6.45, 7) is 2.30. The lowest BCUT2D eigenvalue weighted by molar-refractivity contribution is 0.0595. The van der Waals surface area contributed by atoms with Crippen molar-refractivity contribution < 1.29 is 22.4 Å². The van der Waals surface area contributed by atoms with E-state index in [-0.39, 0.29) is 16.9 Å². The van der Waals surface area contributed by atoms with E-state index in [0.29, 0.717) is 56.4 Å². The highest BCUT2D eigenvalue weighted by molar-refractivity contribution is 7.89. The fourth-order valence-corrected chi connectivity index (χ4v) is 5.18. The molecule has 0 spiro atoms. The minimum absolute atomic E-state index is 0.00316. The predicted molar refractivity (Wildman–Crippen MR) is 149 cm³/mol. The Kier molecular flexibility index (Phi) is 8.24. The number of rotatable bonds is 9. The number of piperidine rings is 1. The Morgan fingerprint density at radius 3 is 2.42 bits per heavy atom. The fraction of sp³-hybridized carbons (Fsp3) is 0.276. The third-order valence-corrected chi connectivity index (χ3v) is 7.63. The van der Waals surface area contributed by atoms with Crippen LogP contribution in [-0.4, -0.2) is 60.6 Å². The standard InChI is InChI=1S/C29H31N5O5S/c1-33(20-27-31-32-28(39-27)22-7-3-2-4-8-22)19-21-6-5-9-25(18-21)38-24-14-16-34(17-15-24)29(35)23-10-12-26(13-11-23)40(30,36)37/h2-13,18,24H,14-17,19-20H2,1H3,(H2,30,36,37). The molecule has 208 valence electrons. The first-order valence-corrected chi connectivity index (χ1v) is 14.5. The summed E-state index contributed by atoms with van der Waals surface area (Å²) in [5.74, 6) is 1.71. The van der Waals surface area contributed by atoms with Crippen LogP contribution in [-0.2, 0) is 23.1 Å². The molecule has 2 N–H and O–H groups in total. The molecule has 0 saturated carbocycles. The molecular formula is C29H31N5O5S. The molecule has 1 saturated heterocycles. The van der Waals surface area contributed by atoms with Crippen molar-refractivity contribution in [3.63, 3.8) is 0 Å². The van der Waals surface area contributed by atoms with Gasteiger partial charge in [-0.1, -0.05) is 30.3 Å². The number of ether oxygens (including phenoxy) is 1. The number of carbonyl (C=O) groups is 1. The van der Waals surface area contributed by atoms with E-state index < -0.39 is 10.0 Å². The molecule has 40 heavy (non-hydrogen) atoms. The normalized spacial score (nSPS) is 14.4. The van der Waals surface area contributed by atoms with Crippen molar-refractivity contribution in [1.82, 2.24) is 20.0 Å². The van der Waals surface area contributed by atoms with Crippen molar-refractivity contribution >= 4 is 15.9 Å². The van der Waals surface area contributed by atoms with Crippen molar-refractivity contribution in [2.24, 2.45) is 5.14 Å². The third-order valence-electron chi connectivity index (χ3n) is 6.71. The summed E-state index contributed by atoms with van der Waals surface area (Å²) in [5.41, 5.74) is 2.42. The van der Waals surface area contributed by atoms with Gasteiger partial charge in [0.2, 0.25) is 21.8 Å². The van der Waals surface area contributed by atoms with Crippen LogP contribution >= 0.6 is 0 Å². The molecule has 1 aliphatic heterocycles. The van der Waals surface area contributed by atoms with Gasteiger partial charge < -0.3 is 14.1 Å². The maximum absolute atomic E-state index is 12.9. The second-order valence-electron chi connectivity index (χ2n) is 9.87. The molecule has 1 aliphatic rings. The van der Waals surface area contributed by atoms with Crippen molar-refractivity contribution in [1.29, 1.82) is 0 Å². The first kappa shape index (κ1) is 27.5. The summed E-state index contributed by atoms with van der Waals surface area (Å²) in [4.78, 5) is 16.7. The van der Waals surface area contributed by atoms with Crippen molar-refractivity contribution in [3.8, 4) is 17.2 Å². The van der Waals surface area contributed by atoms with Gasteiger partial charge in [0.1, 0.15) is 11.9 Å². The second kappa shape index (κ2) is 12.0. The summed E-state index contributed by atoms with van der Waals surface area (Å²) in [7, 11) is -1.80. The number of benzene rings is 3. The van der Waals surface area contributed by atoms with Crippen LogP contribution in [0, 0.1) is 0 Å². The summed E-state index contributed by atoms with van der Waals surface area (Å²) >= 11 is 0. The van der Waals surface area contributed by atoms with Crippen LogP contribution in [0.25, 0.3) is 11.5 Å². The zero-order valence-corrected chi connectivity index (χ0v) is 23.0. The average Bonchev–Trinajstić information content (AvgIpc) is 3.42. The van der Waals surface area contributed by atoms with Crippen molar-refractivity contribution in [3.05, 3.63) is 95.9 Å². The molecule has 3 aromatic carbocycles. The highest BCUT2D eigenvalue weighted by atomic mass is 32.2. The Bertz CT molecular complexity index is 1550. The minimum Gasteiger partial charge on any atom is -0.490 e. The van der Waals surface area contributed by atoms with Crippen LogP contribution in [0.3, 0.4) is 0 Å². The quantitative estimate of drug-likeness (QED) is 0.327. The summed E-state index contributed by atoms with van der Waals surface area (Å²) in [5, 5.41) is 13.5. The molecule has 1 amide bonds. The largest absolute Gasteiger partial charge is 0.490 e. The van der Waals surface area contributed by atoms with Gasteiger partial charge in [0.25, 0.3) is 5.91 Å². The van der Waals surface area contributed by atoms with E-state index in [1.54, 1.807) is 4.90 Å². The SMILES string of the molecule is CN(Cc1cccc(OC2CCN(C(=O)c3ccc(S(N)(=O)=O)cc3)CC2)c1)Cc1nnc(-c2ccccc2)o1. The average molecular weight is 562 g/mol. The maximum atomic E-state index is 12.9. The van der Waals surface area contributed by atoms with Crippen LogP contribution in [0.2, 0.25) is 0 Å². The number of nitrogens with zero attached hydrogens (tertiary/aromatic N) is 4. The number of sulfonamides is 1. The molecule has 0 atom stereocenters. The first-order valence-electron chi connectivity index (χ1n) is 13.0. The van der Waals surface area contributed by atoms with Crippen molar-refractivity contribution in [2.75, 3.05) is 20.1 Å². The summed E-state index contributed by atoms with van der Waals surface area (Å²) in [6.07, 6.45) is 1.40. The number of likely N-dealkylation sites (tertiary alicyclic amines) is 1. The lowest BCUT2D eigenvalue weighted by Gasteiger charge is -2.32. The Hall–Kier alpha value is -4.06. The van der Waals surface area contributed by atoms with Gasteiger partial charge in [-0.25, -0.2) is 13.6 Å².